The lowest BCUT2D eigenvalue weighted by atomic mass is 10.0. The molecule has 0 saturated carbocycles. The maximum absolute atomic E-state index is 12.4. The molecule has 10 heteroatoms. The van der Waals surface area contributed by atoms with Crippen molar-refractivity contribution in [3.8, 4) is 23.2 Å². The van der Waals surface area contributed by atoms with Crippen molar-refractivity contribution in [2.45, 2.75) is 12.2 Å². The van der Waals surface area contributed by atoms with Gasteiger partial charge in [-0.05, 0) is 30.7 Å². The molecule has 3 heterocycles. The number of thioether (sulfide) groups is 1. The average molecular weight is 413 g/mol. The Balaban J connectivity index is 1.91. The number of methoxy groups -OCH3 is 2. The molecule has 9 nitrogen and oxygen atoms in total. The lowest BCUT2D eigenvalue weighted by Crippen LogP contribution is -2.16. The minimum Gasteiger partial charge on any atom is -0.502 e. The summed E-state index contributed by atoms with van der Waals surface area (Å²) in [6.07, 6.45) is 3.23. The number of fused-ring (bicyclic) bond motifs is 1. The van der Waals surface area contributed by atoms with Crippen LogP contribution in [0.1, 0.15) is 22.1 Å². The van der Waals surface area contributed by atoms with Crippen molar-refractivity contribution in [1.82, 2.24) is 19.7 Å². The van der Waals surface area contributed by atoms with Gasteiger partial charge in [0, 0.05) is 18.0 Å². The first-order valence-electron chi connectivity index (χ1n) is 8.76. The molecule has 1 aliphatic heterocycles. The van der Waals surface area contributed by atoms with Gasteiger partial charge >= 0.3 is 0 Å². The Morgan fingerprint density at radius 1 is 1.21 bits per heavy atom. The number of phenolic OH excluding ortho intramolecular Hbond substituents is 1. The van der Waals surface area contributed by atoms with Gasteiger partial charge in [-0.1, -0.05) is 0 Å². The predicted octanol–water partition coefficient (Wildman–Crippen LogP) is 2.47. The first-order chi connectivity index (χ1) is 14.0. The highest BCUT2D eigenvalue weighted by Crippen LogP contribution is 2.47. The van der Waals surface area contributed by atoms with Crippen LogP contribution in [0.5, 0.6) is 17.2 Å². The number of benzene rings is 1. The molecule has 0 bridgehead atoms. The zero-order valence-corrected chi connectivity index (χ0v) is 16.9. The third kappa shape index (κ3) is 3.35. The number of aromatic nitrogens is 4. The van der Waals surface area contributed by atoms with Crippen LogP contribution in [0.3, 0.4) is 0 Å². The Morgan fingerprint density at radius 3 is 2.48 bits per heavy atom. The first-order valence-corrected chi connectivity index (χ1v) is 9.81. The van der Waals surface area contributed by atoms with Gasteiger partial charge in [-0.25, -0.2) is 9.97 Å². The standard InChI is InChI=1S/C19H19N5O4S/c1-10-15-17(11-7-12(27-2)16(26)13(8-11)28-3)29-9-14(25)22-18(15)24(23-10)19-20-5-4-6-21-19/h4-8,17,26H,9H2,1-3H3,(H,22,25)/t17-/m1/s1. The highest BCUT2D eigenvalue weighted by Gasteiger charge is 2.32. The molecule has 4 rings (SSSR count). The number of aryl methyl sites for hydroxylation is 1. The van der Waals surface area contributed by atoms with Gasteiger partial charge in [-0.15, -0.1) is 11.8 Å². The highest BCUT2D eigenvalue weighted by atomic mass is 32.2. The quantitative estimate of drug-likeness (QED) is 0.671. The number of ether oxygens (including phenoxy) is 2. The lowest BCUT2D eigenvalue weighted by molar-refractivity contribution is -0.113. The van der Waals surface area contributed by atoms with Gasteiger partial charge in [0.25, 0.3) is 5.95 Å². The second-order valence-corrected chi connectivity index (χ2v) is 7.41. The van der Waals surface area contributed by atoms with E-state index >= 15 is 0 Å². The number of aromatic hydroxyl groups is 1. The molecule has 0 unspecified atom stereocenters. The molecule has 1 atom stereocenters. The van der Waals surface area contributed by atoms with Gasteiger partial charge in [0.15, 0.2) is 11.5 Å². The maximum atomic E-state index is 12.4. The monoisotopic (exact) mass is 413 g/mol. The van der Waals surface area contributed by atoms with Crippen LogP contribution in [0.15, 0.2) is 30.6 Å². The second kappa shape index (κ2) is 7.63. The van der Waals surface area contributed by atoms with E-state index in [1.54, 1.807) is 30.6 Å². The molecule has 0 saturated heterocycles. The Kier molecular flexibility index (Phi) is 5.01. The van der Waals surface area contributed by atoms with E-state index in [4.69, 9.17) is 9.47 Å². The fraction of sp³-hybridized carbons (Fsp3) is 0.263. The van der Waals surface area contributed by atoms with Gasteiger partial charge in [0.2, 0.25) is 11.7 Å². The SMILES string of the molecule is COc1cc([C@H]2SCC(=O)Nc3c2c(C)nn3-c2ncccn2)cc(OC)c1O. The normalized spacial score (nSPS) is 16.0. The van der Waals surface area contributed by atoms with Crippen LogP contribution in [0, 0.1) is 6.92 Å². The second-order valence-electron chi connectivity index (χ2n) is 6.32. The molecule has 1 aliphatic rings. The Morgan fingerprint density at radius 2 is 1.86 bits per heavy atom. The summed E-state index contributed by atoms with van der Waals surface area (Å²) >= 11 is 1.46. The summed E-state index contributed by atoms with van der Waals surface area (Å²) in [5, 5.41) is 17.5. The number of phenols is 1. The van der Waals surface area contributed by atoms with Crippen molar-refractivity contribution in [3.05, 3.63) is 47.4 Å². The minimum atomic E-state index is -0.246. The third-order valence-electron chi connectivity index (χ3n) is 4.55. The van der Waals surface area contributed by atoms with Crippen LogP contribution < -0.4 is 14.8 Å². The number of amides is 1. The average Bonchev–Trinajstić information content (AvgIpc) is 2.94. The number of carbonyl (C=O) groups excluding carboxylic acids is 1. The molecule has 0 aliphatic carbocycles. The number of nitrogens with one attached hydrogen (secondary N) is 1. The largest absolute Gasteiger partial charge is 0.502 e. The molecule has 0 fully saturated rings. The summed E-state index contributed by atoms with van der Waals surface area (Å²) in [7, 11) is 2.95. The summed E-state index contributed by atoms with van der Waals surface area (Å²) in [5.74, 6) is 1.51. The number of nitrogens with zero attached hydrogens (tertiary/aromatic N) is 4. The zero-order valence-electron chi connectivity index (χ0n) is 16.0. The van der Waals surface area contributed by atoms with Gasteiger partial charge in [0.1, 0.15) is 5.82 Å². The molecule has 0 radical (unpaired) electrons. The number of hydrogen-bond donors (Lipinski definition) is 2. The van der Waals surface area contributed by atoms with Crippen molar-refractivity contribution >= 4 is 23.5 Å². The van der Waals surface area contributed by atoms with Gasteiger partial charge < -0.3 is 19.9 Å². The Hall–Kier alpha value is -3.27. The molecular weight excluding hydrogens is 394 g/mol. The Labute approximate surface area is 171 Å². The fourth-order valence-corrected chi connectivity index (χ4v) is 4.42. The number of rotatable bonds is 4. The molecule has 1 aromatic carbocycles. The van der Waals surface area contributed by atoms with Crippen molar-refractivity contribution in [3.63, 3.8) is 0 Å². The molecule has 1 amide bonds. The van der Waals surface area contributed by atoms with E-state index < -0.39 is 0 Å². The van der Waals surface area contributed by atoms with Crippen LogP contribution in [0.4, 0.5) is 5.82 Å². The van der Waals surface area contributed by atoms with E-state index in [1.165, 1.54) is 30.7 Å². The number of carbonyl (C=O) groups is 1. The summed E-state index contributed by atoms with van der Waals surface area (Å²) < 4.78 is 12.1. The van der Waals surface area contributed by atoms with E-state index in [9.17, 15) is 9.90 Å². The number of anilines is 1. The maximum Gasteiger partial charge on any atom is 0.252 e. The summed E-state index contributed by atoms with van der Waals surface area (Å²) in [4.78, 5) is 20.9. The number of hydrogen-bond acceptors (Lipinski definition) is 8. The third-order valence-corrected chi connectivity index (χ3v) is 5.82. The molecule has 2 aromatic heterocycles. The Bertz CT molecular complexity index is 1040. The smallest absolute Gasteiger partial charge is 0.252 e. The summed E-state index contributed by atoms with van der Waals surface area (Å²) in [5.41, 5.74) is 2.39. The minimum absolute atomic E-state index is 0.0723. The van der Waals surface area contributed by atoms with Crippen molar-refractivity contribution < 1.29 is 19.4 Å². The fourth-order valence-electron chi connectivity index (χ4n) is 3.26. The van der Waals surface area contributed by atoms with Crippen LogP contribution in [0.2, 0.25) is 0 Å². The summed E-state index contributed by atoms with van der Waals surface area (Å²) in [6.45, 7) is 1.87. The van der Waals surface area contributed by atoms with E-state index in [-0.39, 0.29) is 22.7 Å². The lowest BCUT2D eigenvalue weighted by Gasteiger charge is -2.18. The van der Waals surface area contributed by atoms with Crippen molar-refractivity contribution in [2.75, 3.05) is 25.3 Å². The topological polar surface area (TPSA) is 111 Å². The molecular formula is C19H19N5O4S. The van der Waals surface area contributed by atoms with Crippen molar-refractivity contribution in [2.24, 2.45) is 0 Å². The predicted molar refractivity (Wildman–Crippen MR) is 108 cm³/mol. The van der Waals surface area contributed by atoms with E-state index in [0.29, 0.717) is 23.3 Å². The zero-order chi connectivity index (χ0) is 20.5. The first kappa shape index (κ1) is 19.1. The molecule has 29 heavy (non-hydrogen) atoms. The van der Waals surface area contributed by atoms with E-state index in [1.807, 2.05) is 6.92 Å². The van der Waals surface area contributed by atoms with Crippen LogP contribution in [-0.4, -0.2) is 50.7 Å². The van der Waals surface area contributed by atoms with Gasteiger partial charge in [0.05, 0.1) is 30.9 Å². The van der Waals surface area contributed by atoms with E-state index in [2.05, 4.69) is 20.4 Å². The van der Waals surface area contributed by atoms with Crippen LogP contribution >= 0.6 is 11.8 Å². The van der Waals surface area contributed by atoms with Crippen LogP contribution in [-0.2, 0) is 4.79 Å². The van der Waals surface area contributed by atoms with Crippen molar-refractivity contribution in [1.29, 1.82) is 0 Å². The summed E-state index contributed by atoms with van der Waals surface area (Å²) in [6, 6.07) is 5.19. The molecule has 3 aromatic rings. The van der Waals surface area contributed by atoms with Gasteiger partial charge in [-0.3, -0.25) is 4.79 Å². The molecule has 2 N–H and O–H groups in total. The molecule has 150 valence electrons. The molecule has 0 spiro atoms. The van der Waals surface area contributed by atoms with Gasteiger partial charge in [-0.2, -0.15) is 9.78 Å². The van der Waals surface area contributed by atoms with E-state index in [0.717, 1.165) is 16.8 Å². The highest BCUT2D eigenvalue weighted by molar-refractivity contribution is 8.00. The van der Waals surface area contributed by atoms with Crippen LogP contribution in [0.25, 0.3) is 5.95 Å².